The van der Waals surface area contributed by atoms with Gasteiger partial charge >= 0.3 is 5.97 Å². The molecule has 2 heterocycles. The van der Waals surface area contributed by atoms with E-state index in [9.17, 15) is 9.18 Å². The summed E-state index contributed by atoms with van der Waals surface area (Å²) >= 11 is 5.93. The first-order valence-corrected chi connectivity index (χ1v) is 6.39. The Labute approximate surface area is 123 Å². The number of fused-ring (bicyclic) bond motifs is 1. The summed E-state index contributed by atoms with van der Waals surface area (Å²) in [7, 11) is 0. The monoisotopic (exact) mass is 305 g/mol. The number of aromatic carboxylic acids is 1. The fraction of sp³-hybridized carbons (Fsp3) is 0.0714. The number of hydrogen-bond acceptors (Lipinski definition) is 3. The largest absolute Gasteiger partial charge is 0.476 e. The molecule has 106 valence electrons. The van der Waals surface area contributed by atoms with Crippen LogP contribution in [0.3, 0.4) is 0 Å². The van der Waals surface area contributed by atoms with E-state index >= 15 is 0 Å². The second kappa shape index (κ2) is 4.82. The average Bonchev–Trinajstić information content (AvgIpc) is 2.76. The number of carboxylic acids is 1. The van der Waals surface area contributed by atoms with Gasteiger partial charge in [0, 0.05) is 18.0 Å². The molecular formula is C14H9ClFN3O2. The highest BCUT2D eigenvalue weighted by atomic mass is 35.5. The number of hydrogen-bond donors (Lipinski definition) is 1. The van der Waals surface area contributed by atoms with Crippen LogP contribution in [0.25, 0.3) is 16.8 Å². The van der Waals surface area contributed by atoms with Crippen LogP contribution in [-0.2, 0) is 0 Å². The lowest BCUT2D eigenvalue weighted by Crippen LogP contribution is -1.98. The van der Waals surface area contributed by atoms with Gasteiger partial charge in [0.2, 0.25) is 0 Å². The Bertz CT molecular complexity index is 876. The molecule has 0 aliphatic rings. The highest BCUT2D eigenvalue weighted by Gasteiger charge is 2.18. The first-order chi connectivity index (χ1) is 9.97. The van der Waals surface area contributed by atoms with Crippen LogP contribution in [0.5, 0.6) is 0 Å². The molecule has 0 saturated carbocycles. The van der Waals surface area contributed by atoms with E-state index in [4.69, 9.17) is 16.7 Å². The van der Waals surface area contributed by atoms with E-state index in [1.807, 2.05) is 0 Å². The van der Waals surface area contributed by atoms with E-state index in [1.54, 1.807) is 25.4 Å². The van der Waals surface area contributed by atoms with Gasteiger partial charge in [-0.05, 0) is 30.2 Å². The number of carboxylic acid groups (broad SMARTS) is 1. The third-order valence-electron chi connectivity index (χ3n) is 3.12. The summed E-state index contributed by atoms with van der Waals surface area (Å²) in [5, 5.41) is 12.9. The zero-order valence-electron chi connectivity index (χ0n) is 10.8. The van der Waals surface area contributed by atoms with Crippen LogP contribution in [0.15, 0.2) is 30.6 Å². The van der Waals surface area contributed by atoms with Crippen LogP contribution in [0.4, 0.5) is 4.39 Å². The van der Waals surface area contributed by atoms with Gasteiger partial charge in [-0.3, -0.25) is 0 Å². The first-order valence-electron chi connectivity index (χ1n) is 6.01. The summed E-state index contributed by atoms with van der Waals surface area (Å²) in [6, 6.07) is 4.40. The number of aryl methyl sites for hydroxylation is 1. The molecule has 0 radical (unpaired) electrons. The summed E-state index contributed by atoms with van der Waals surface area (Å²) in [6.45, 7) is 1.78. The molecule has 0 atom stereocenters. The lowest BCUT2D eigenvalue weighted by molar-refractivity contribution is 0.0690. The predicted molar refractivity (Wildman–Crippen MR) is 75.1 cm³/mol. The molecular weight excluding hydrogens is 297 g/mol. The van der Waals surface area contributed by atoms with Gasteiger partial charge in [0.15, 0.2) is 11.3 Å². The van der Waals surface area contributed by atoms with Crippen LogP contribution in [-0.4, -0.2) is 25.7 Å². The van der Waals surface area contributed by atoms with Crippen LogP contribution in [0, 0.1) is 12.7 Å². The smallest absolute Gasteiger partial charge is 0.358 e. The van der Waals surface area contributed by atoms with E-state index in [2.05, 4.69) is 10.1 Å². The number of aromatic nitrogens is 3. The van der Waals surface area contributed by atoms with E-state index < -0.39 is 5.97 Å². The summed E-state index contributed by atoms with van der Waals surface area (Å²) in [4.78, 5) is 15.1. The minimum atomic E-state index is -1.22. The van der Waals surface area contributed by atoms with Gasteiger partial charge < -0.3 is 5.11 Å². The van der Waals surface area contributed by atoms with Crippen molar-refractivity contribution in [2.75, 3.05) is 0 Å². The first kappa shape index (κ1) is 13.5. The van der Waals surface area contributed by atoms with Crippen LogP contribution in [0.2, 0.25) is 5.02 Å². The van der Waals surface area contributed by atoms with Crippen molar-refractivity contribution >= 4 is 23.2 Å². The number of rotatable bonds is 2. The molecule has 0 aliphatic carbocycles. The van der Waals surface area contributed by atoms with Crippen molar-refractivity contribution in [1.29, 1.82) is 0 Å². The third kappa shape index (κ3) is 2.23. The molecule has 1 N–H and O–H groups in total. The average molecular weight is 306 g/mol. The molecule has 0 spiro atoms. The molecule has 0 unspecified atom stereocenters. The fourth-order valence-electron chi connectivity index (χ4n) is 2.13. The van der Waals surface area contributed by atoms with Gasteiger partial charge in [0.1, 0.15) is 10.8 Å². The van der Waals surface area contributed by atoms with Crippen LogP contribution < -0.4 is 0 Å². The Hall–Kier alpha value is -2.47. The minimum Gasteiger partial charge on any atom is -0.476 e. The SMILES string of the molecule is Cc1cc(F)ccc1-c1cnc2c(Cl)c(C(=O)O)nn2c1. The predicted octanol–water partition coefficient (Wildman–Crippen LogP) is 3.20. The number of benzene rings is 1. The maximum atomic E-state index is 13.1. The highest BCUT2D eigenvalue weighted by Crippen LogP contribution is 2.26. The molecule has 5 nitrogen and oxygen atoms in total. The van der Waals surface area contributed by atoms with Gasteiger partial charge in [0.25, 0.3) is 0 Å². The number of nitrogens with zero attached hydrogens (tertiary/aromatic N) is 3. The molecule has 3 aromatic rings. The normalized spacial score (nSPS) is 11.0. The third-order valence-corrected chi connectivity index (χ3v) is 3.47. The topological polar surface area (TPSA) is 67.5 Å². The van der Waals surface area contributed by atoms with Gasteiger partial charge in [-0.2, -0.15) is 5.10 Å². The van der Waals surface area contributed by atoms with Crippen LogP contribution in [0.1, 0.15) is 16.1 Å². The molecule has 3 rings (SSSR count). The zero-order chi connectivity index (χ0) is 15.1. The molecule has 0 amide bonds. The van der Waals surface area contributed by atoms with Crippen LogP contribution >= 0.6 is 11.6 Å². The maximum absolute atomic E-state index is 13.1. The van der Waals surface area contributed by atoms with E-state index in [0.29, 0.717) is 5.56 Å². The Balaban J connectivity index is 2.19. The molecule has 0 saturated heterocycles. The van der Waals surface area contributed by atoms with Crippen molar-refractivity contribution in [3.8, 4) is 11.1 Å². The zero-order valence-corrected chi connectivity index (χ0v) is 11.6. The minimum absolute atomic E-state index is 0.00937. The standard InChI is InChI=1S/C14H9ClFN3O2/c1-7-4-9(16)2-3-10(7)8-5-17-13-11(15)12(14(20)21)18-19(13)6-8/h2-6H,1H3,(H,20,21). The Morgan fingerprint density at radius 3 is 2.86 bits per heavy atom. The number of halogens is 2. The summed E-state index contributed by atoms with van der Waals surface area (Å²) in [6.07, 6.45) is 3.16. The lowest BCUT2D eigenvalue weighted by Gasteiger charge is -2.06. The molecule has 1 aromatic carbocycles. The Morgan fingerprint density at radius 2 is 2.19 bits per heavy atom. The second-order valence-corrected chi connectivity index (χ2v) is 4.92. The van der Waals surface area contributed by atoms with E-state index in [-0.39, 0.29) is 22.2 Å². The Morgan fingerprint density at radius 1 is 1.43 bits per heavy atom. The summed E-state index contributed by atoms with van der Waals surface area (Å²) < 4.78 is 14.5. The molecule has 0 bridgehead atoms. The Kier molecular flexibility index (Phi) is 3.10. The quantitative estimate of drug-likeness (QED) is 0.789. The molecule has 0 aliphatic heterocycles. The summed E-state index contributed by atoms with van der Waals surface area (Å²) in [5.74, 6) is -1.54. The second-order valence-electron chi connectivity index (χ2n) is 4.54. The molecule has 0 fully saturated rings. The molecule has 21 heavy (non-hydrogen) atoms. The van der Waals surface area contributed by atoms with E-state index in [0.717, 1.165) is 11.1 Å². The van der Waals surface area contributed by atoms with Gasteiger partial charge in [-0.1, -0.05) is 17.7 Å². The molecule has 7 heteroatoms. The van der Waals surface area contributed by atoms with Crippen molar-refractivity contribution in [2.24, 2.45) is 0 Å². The van der Waals surface area contributed by atoms with Crippen molar-refractivity contribution in [3.63, 3.8) is 0 Å². The van der Waals surface area contributed by atoms with Gasteiger partial charge in [-0.25, -0.2) is 18.7 Å². The van der Waals surface area contributed by atoms with Gasteiger partial charge in [0.05, 0.1) is 0 Å². The number of carbonyl (C=O) groups is 1. The highest BCUT2D eigenvalue weighted by molar-refractivity contribution is 6.36. The molecule has 2 aromatic heterocycles. The van der Waals surface area contributed by atoms with Gasteiger partial charge in [-0.15, -0.1) is 0 Å². The van der Waals surface area contributed by atoms with Crippen molar-refractivity contribution in [2.45, 2.75) is 6.92 Å². The maximum Gasteiger partial charge on any atom is 0.358 e. The summed E-state index contributed by atoms with van der Waals surface area (Å²) in [5.41, 5.74) is 2.23. The van der Waals surface area contributed by atoms with Crippen molar-refractivity contribution in [1.82, 2.24) is 14.6 Å². The fourth-order valence-corrected chi connectivity index (χ4v) is 2.39. The lowest BCUT2D eigenvalue weighted by atomic mass is 10.0. The van der Waals surface area contributed by atoms with Crippen molar-refractivity contribution in [3.05, 3.63) is 52.7 Å². The van der Waals surface area contributed by atoms with Crippen molar-refractivity contribution < 1.29 is 14.3 Å². The van der Waals surface area contributed by atoms with E-state index in [1.165, 1.54) is 16.6 Å².